The fraction of sp³-hybridized carbons (Fsp3) is 0.667. The van der Waals surface area contributed by atoms with E-state index in [1.807, 2.05) is 12.1 Å². The number of methoxy groups -OCH3 is 1. The highest BCUT2D eigenvalue weighted by molar-refractivity contribution is 5.34. The number of benzene rings is 1. The molecule has 0 bridgehead atoms. The highest BCUT2D eigenvalue weighted by Gasteiger charge is 2.41. The van der Waals surface area contributed by atoms with Crippen LogP contribution in [0.1, 0.15) is 38.2 Å². The van der Waals surface area contributed by atoms with Crippen LogP contribution in [0, 0.1) is 5.92 Å². The number of ether oxygens (including phenoxy) is 1. The zero-order valence-electron chi connectivity index (χ0n) is 13.9. The molecule has 0 amide bonds. The number of para-hydroxylation sites is 1. The quantitative estimate of drug-likeness (QED) is 0.905. The second-order valence-corrected chi connectivity index (χ2v) is 6.80. The summed E-state index contributed by atoms with van der Waals surface area (Å²) in [5.74, 6) is 1.78. The standard InChI is InChI=1S/C18H30N2O/c1-14-9-11-18(12-10-14,20(2)3)17(19)13-15-7-5-6-8-16(15)21-4/h5-8,14,17H,9-13,19H2,1-4H3. The van der Waals surface area contributed by atoms with Crippen molar-refractivity contribution >= 4 is 0 Å². The Morgan fingerprint density at radius 2 is 1.90 bits per heavy atom. The zero-order chi connectivity index (χ0) is 15.5. The lowest BCUT2D eigenvalue weighted by Gasteiger charge is -2.48. The minimum atomic E-state index is 0.118. The Morgan fingerprint density at radius 3 is 2.48 bits per heavy atom. The largest absolute Gasteiger partial charge is 0.496 e. The van der Waals surface area contributed by atoms with Gasteiger partial charge >= 0.3 is 0 Å². The number of rotatable bonds is 5. The van der Waals surface area contributed by atoms with Gasteiger partial charge in [0.25, 0.3) is 0 Å². The number of nitrogens with zero attached hydrogens (tertiary/aromatic N) is 1. The van der Waals surface area contributed by atoms with Crippen LogP contribution in [0.2, 0.25) is 0 Å². The molecule has 1 fully saturated rings. The maximum Gasteiger partial charge on any atom is 0.122 e. The molecule has 1 aromatic carbocycles. The average Bonchev–Trinajstić information content (AvgIpc) is 2.48. The molecule has 1 unspecified atom stereocenters. The second kappa shape index (κ2) is 6.80. The van der Waals surface area contributed by atoms with Crippen LogP contribution in [0.4, 0.5) is 0 Å². The van der Waals surface area contributed by atoms with E-state index in [-0.39, 0.29) is 11.6 Å². The van der Waals surface area contributed by atoms with Gasteiger partial charge in [-0.1, -0.05) is 25.1 Å². The predicted molar refractivity (Wildman–Crippen MR) is 88.7 cm³/mol. The number of likely N-dealkylation sites (N-methyl/N-ethyl adjacent to an activating group) is 1. The molecule has 3 heteroatoms. The van der Waals surface area contributed by atoms with Crippen LogP contribution in [-0.2, 0) is 6.42 Å². The maximum absolute atomic E-state index is 6.69. The molecule has 1 aromatic rings. The molecule has 2 N–H and O–H groups in total. The van der Waals surface area contributed by atoms with Crippen molar-refractivity contribution in [3.8, 4) is 5.75 Å². The molecular weight excluding hydrogens is 260 g/mol. The lowest BCUT2D eigenvalue weighted by Crippen LogP contribution is -2.59. The molecule has 21 heavy (non-hydrogen) atoms. The van der Waals surface area contributed by atoms with Gasteiger partial charge in [-0.25, -0.2) is 0 Å². The summed E-state index contributed by atoms with van der Waals surface area (Å²) >= 11 is 0. The third-order valence-corrected chi connectivity index (χ3v) is 5.35. The Hall–Kier alpha value is -1.06. The Balaban J connectivity index is 2.18. The molecule has 0 aliphatic heterocycles. The first-order valence-corrected chi connectivity index (χ1v) is 8.04. The van der Waals surface area contributed by atoms with Crippen molar-refractivity contribution in [2.75, 3.05) is 21.2 Å². The fourth-order valence-electron chi connectivity index (χ4n) is 3.71. The van der Waals surface area contributed by atoms with Crippen LogP contribution in [0.5, 0.6) is 5.75 Å². The Morgan fingerprint density at radius 1 is 1.29 bits per heavy atom. The van der Waals surface area contributed by atoms with E-state index in [4.69, 9.17) is 10.5 Å². The van der Waals surface area contributed by atoms with Crippen molar-refractivity contribution < 1.29 is 4.74 Å². The van der Waals surface area contributed by atoms with Crippen LogP contribution in [0.25, 0.3) is 0 Å². The van der Waals surface area contributed by atoms with Crippen molar-refractivity contribution in [3.05, 3.63) is 29.8 Å². The Labute approximate surface area is 129 Å². The Kier molecular flexibility index (Phi) is 5.28. The smallest absolute Gasteiger partial charge is 0.122 e. The van der Waals surface area contributed by atoms with Crippen molar-refractivity contribution in [1.29, 1.82) is 0 Å². The van der Waals surface area contributed by atoms with Crippen molar-refractivity contribution in [2.24, 2.45) is 11.7 Å². The van der Waals surface area contributed by atoms with E-state index >= 15 is 0 Å². The summed E-state index contributed by atoms with van der Waals surface area (Å²) in [5.41, 5.74) is 8.02. The van der Waals surface area contributed by atoms with Crippen LogP contribution in [0.3, 0.4) is 0 Å². The molecule has 3 nitrogen and oxygen atoms in total. The average molecular weight is 290 g/mol. The Bertz CT molecular complexity index is 450. The van der Waals surface area contributed by atoms with Crippen molar-refractivity contribution in [1.82, 2.24) is 4.90 Å². The van der Waals surface area contributed by atoms with Gasteiger partial charge in [-0.15, -0.1) is 0 Å². The van der Waals surface area contributed by atoms with Crippen molar-refractivity contribution in [3.63, 3.8) is 0 Å². The molecule has 1 aliphatic carbocycles. The van der Waals surface area contributed by atoms with Crippen molar-refractivity contribution in [2.45, 2.75) is 50.6 Å². The second-order valence-electron chi connectivity index (χ2n) is 6.80. The molecule has 0 saturated heterocycles. The van der Waals surface area contributed by atoms with Crippen LogP contribution >= 0.6 is 0 Å². The first-order valence-electron chi connectivity index (χ1n) is 8.04. The highest BCUT2D eigenvalue weighted by Crippen LogP contribution is 2.38. The molecule has 1 aliphatic rings. The summed E-state index contributed by atoms with van der Waals surface area (Å²) in [7, 11) is 6.09. The highest BCUT2D eigenvalue weighted by atomic mass is 16.5. The third kappa shape index (κ3) is 3.41. The minimum Gasteiger partial charge on any atom is -0.496 e. The summed E-state index contributed by atoms with van der Waals surface area (Å²) in [6.07, 6.45) is 5.81. The normalized spacial score (nSPS) is 27.6. The van der Waals surface area contributed by atoms with E-state index in [9.17, 15) is 0 Å². The lowest BCUT2D eigenvalue weighted by molar-refractivity contribution is 0.0566. The number of nitrogens with two attached hydrogens (primary N) is 1. The zero-order valence-corrected chi connectivity index (χ0v) is 13.9. The number of hydrogen-bond acceptors (Lipinski definition) is 3. The molecule has 1 atom stereocenters. The molecule has 118 valence electrons. The van der Waals surface area contributed by atoms with Gasteiger partial charge in [-0.05, 0) is 63.7 Å². The van der Waals surface area contributed by atoms with Crippen LogP contribution in [0.15, 0.2) is 24.3 Å². The molecule has 1 saturated carbocycles. The first kappa shape index (κ1) is 16.3. The lowest BCUT2D eigenvalue weighted by atomic mass is 9.71. The van der Waals surface area contributed by atoms with Crippen LogP contribution in [-0.4, -0.2) is 37.7 Å². The van der Waals surface area contributed by atoms with Gasteiger partial charge in [-0.2, -0.15) is 0 Å². The van der Waals surface area contributed by atoms with Gasteiger partial charge in [0.2, 0.25) is 0 Å². The van der Waals surface area contributed by atoms with Gasteiger partial charge in [0, 0.05) is 11.6 Å². The van der Waals surface area contributed by atoms with Gasteiger partial charge in [-0.3, -0.25) is 0 Å². The monoisotopic (exact) mass is 290 g/mol. The predicted octanol–water partition coefficient (Wildman–Crippen LogP) is 3.08. The van der Waals surface area contributed by atoms with Gasteiger partial charge in [0.05, 0.1) is 7.11 Å². The molecule has 0 heterocycles. The topological polar surface area (TPSA) is 38.5 Å². The molecule has 2 rings (SSSR count). The van der Waals surface area contributed by atoms with Crippen LogP contribution < -0.4 is 10.5 Å². The summed E-state index contributed by atoms with van der Waals surface area (Å²) in [4.78, 5) is 2.36. The SMILES string of the molecule is COc1ccccc1CC(N)C1(N(C)C)CCC(C)CC1. The van der Waals surface area contributed by atoms with Gasteiger partial charge in [0.15, 0.2) is 0 Å². The molecule has 0 spiro atoms. The summed E-state index contributed by atoms with van der Waals surface area (Å²) < 4.78 is 5.47. The van der Waals surface area contributed by atoms with E-state index in [0.717, 1.165) is 18.1 Å². The summed E-state index contributed by atoms with van der Waals surface area (Å²) in [5, 5.41) is 0. The van der Waals surface area contributed by atoms with Gasteiger partial charge < -0.3 is 15.4 Å². The minimum absolute atomic E-state index is 0.118. The first-order chi connectivity index (χ1) is 9.99. The van der Waals surface area contributed by atoms with E-state index in [1.54, 1.807) is 7.11 Å². The van der Waals surface area contributed by atoms with Gasteiger partial charge in [0.1, 0.15) is 5.75 Å². The number of hydrogen-bond donors (Lipinski definition) is 1. The van der Waals surface area contributed by atoms with E-state index in [1.165, 1.54) is 31.2 Å². The molecular formula is C18H30N2O. The van der Waals surface area contributed by atoms with E-state index in [2.05, 4.69) is 38.1 Å². The third-order valence-electron chi connectivity index (χ3n) is 5.35. The van der Waals surface area contributed by atoms with E-state index < -0.39 is 0 Å². The summed E-state index contributed by atoms with van der Waals surface area (Å²) in [6, 6.07) is 8.37. The van der Waals surface area contributed by atoms with E-state index in [0.29, 0.717) is 0 Å². The molecule has 0 aromatic heterocycles. The summed E-state index contributed by atoms with van der Waals surface area (Å²) in [6.45, 7) is 2.35. The molecule has 0 radical (unpaired) electrons. The fourth-order valence-corrected chi connectivity index (χ4v) is 3.71. The maximum atomic E-state index is 6.69.